The smallest absolute Gasteiger partial charge is 0.267 e. The highest BCUT2D eigenvalue weighted by atomic mass is 35.5. The van der Waals surface area contributed by atoms with Crippen molar-refractivity contribution in [1.82, 2.24) is 14.5 Å². The van der Waals surface area contributed by atoms with Crippen LogP contribution in [0.4, 0.5) is 0 Å². The summed E-state index contributed by atoms with van der Waals surface area (Å²) in [6, 6.07) is 14.9. The zero-order chi connectivity index (χ0) is 21.4. The molecule has 5 rings (SSSR count). The molecule has 2 aromatic heterocycles. The standard InChI is InChI=1S/C23H18ClN3O3S/c1-14-6-7-20(25-12-14)27-22(28)16-4-2-3-5-18(16)26-23(27)31-13-15-10-17(24)21-19(11-15)29-8-9-30-21/h2-7,10-12H,8-9,13H2,1H3. The zero-order valence-electron chi connectivity index (χ0n) is 16.7. The molecule has 156 valence electrons. The topological polar surface area (TPSA) is 66.2 Å². The lowest BCUT2D eigenvalue weighted by atomic mass is 10.2. The summed E-state index contributed by atoms with van der Waals surface area (Å²) in [4.78, 5) is 22.5. The summed E-state index contributed by atoms with van der Waals surface area (Å²) in [7, 11) is 0. The van der Waals surface area contributed by atoms with Gasteiger partial charge in [-0.1, -0.05) is 41.6 Å². The van der Waals surface area contributed by atoms with E-state index in [1.54, 1.807) is 16.8 Å². The largest absolute Gasteiger partial charge is 0.486 e. The number of hydrogen-bond donors (Lipinski definition) is 0. The molecule has 0 N–H and O–H groups in total. The summed E-state index contributed by atoms with van der Waals surface area (Å²) in [6.07, 6.45) is 1.74. The third kappa shape index (κ3) is 3.86. The van der Waals surface area contributed by atoms with Gasteiger partial charge in [0.1, 0.15) is 19.0 Å². The van der Waals surface area contributed by atoms with Crippen molar-refractivity contribution in [2.75, 3.05) is 13.2 Å². The van der Waals surface area contributed by atoms with Gasteiger partial charge in [-0.3, -0.25) is 4.79 Å². The number of aryl methyl sites for hydroxylation is 1. The predicted octanol–water partition coefficient (Wildman–Crippen LogP) is 4.81. The van der Waals surface area contributed by atoms with Crippen LogP contribution >= 0.6 is 23.4 Å². The number of pyridine rings is 1. The van der Waals surface area contributed by atoms with Crippen molar-refractivity contribution in [2.45, 2.75) is 17.8 Å². The van der Waals surface area contributed by atoms with Crippen molar-refractivity contribution >= 4 is 34.3 Å². The number of thioether (sulfide) groups is 1. The molecule has 1 aliphatic heterocycles. The first kappa shape index (κ1) is 19.9. The van der Waals surface area contributed by atoms with Gasteiger partial charge in [0.05, 0.1) is 15.9 Å². The summed E-state index contributed by atoms with van der Waals surface area (Å²) in [5.74, 6) is 2.30. The molecule has 4 aromatic rings. The van der Waals surface area contributed by atoms with Gasteiger partial charge in [-0.05, 0) is 48.4 Å². The third-order valence-corrected chi connectivity index (χ3v) is 6.18. The maximum absolute atomic E-state index is 13.3. The number of para-hydroxylation sites is 1. The molecule has 6 nitrogen and oxygen atoms in total. The van der Waals surface area contributed by atoms with Crippen molar-refractivity contribution in [2.24, 2.45) is 0 Å². The van der Waals surface area contributed by atoms with Gasteiger partial charge in [0.25, 0.3) is 5.56 Å². The van der Waals surface area contributed by atoms with E-state index in [9.17, 15) is 4.79 Å². The monoisotopic (exact) mass is 451 g/mol. The number of benzene rings is 2. The maximum Gasteiger partial charge on any atom is 0.267 e. The van der Waals surface area contributed by atoms with Crippen LogP contribution in [0.5, 0.6) is 11.5 Å². The van der Waals surface area contributed by atoms with E-state index in [2.05, 4.69) is 4.98 Å². The SMILES string of the molecule is Cc1ccc(-n2c(SCc3cc(Cl)c4c(c3)OCCO4)nc3ccccc3c2=O)nc1. The lowest BCUT2D eigenvalue weighted by molar-refractivity contribution is 0.171. The molecule has 0 amide bonds. The van der Waals surface area contributed by atoms with Crippen LogP contribution in [0.15, 0.2) is 64.7 Å². The average molecular weight is 452 g/mol. The second-order valence-electron chi connectivity index (χ2n) is 7.14. The highest BCUT2D eigenvalue weighted by molar-refractivity contribution is 7.98. The van der Waals surface area contributed by atoms with Crippen LogP contribution in [0.25, 0.3) is 16.7 Å². The molecule has 0 bridgehead atoms. The molecule has 0 fully saturated rings. The summed E-state index contributed by atoms with van der Waals surface area (Å²) in [5, 5.41) is 1.62. The minimum absolute atomic E-state index is 0.148. The van der Waals surface area contributed by atoms with Crippen LogP contribution in [-0.2, 0) is 5.75 Å². The minimum atomic E-state index is -0.148. The number of aromatic nitrogens is 3. The highest BCUT2D eigenvalue weighted by Crippen LogP contribution is 2.39. The van der Waals surface area contributed by atoms with Crippen LogP contribution in [-0.4, -0.2) is 27.7 Å². The lowest BCUT2D eigenvalue weighted by Gasteiger charge is -2.20. The van der Waals surface area contributed by atoms with Crippen LogP contribution in [0.3, 0.4) is 0 Å². The number of hydrogen-bond acceptors (Lipinski definition) is 6. The van der Waals surface area contributed by atoms with Gasteiger partial charge in [0, 0.05) is 11.9 Å². The summed E-state index contributed by atoms with van der Waals surface area (Å²) in [6.45, 7) is 2.93. The number of nitrogens with zero attached hydrogens (tertiary/aromatic N) is 3. The lowest BCUT2D eigenvalue weighted by Crippen LogP contribution is -2.22. The Morgan fingerprint density at radius 2 is 1.97 bits per heavy atom. The quantitative estimate of drug-likeness (QED) is 0.328. The second kappa shape index (κ2) is 8.24. The number of ether oxygens (including phenoxy) is 2. The van der Waals surface area contributed by atoms with Crippen LogP contribution in [0.1, 0.15) is 11.1 Å². The van der Waals surface area contributed by atoms with Gasteiger partial charge in [0.15, 0.2) is 16.7 Å². The predicted molar refractivity (Wildman–Crippen MR) is 122 cm³/mol. The first-order chi connectivity index (χ1) is 15.1. The van der Waals surface area contributed by atoms with E-state index >= 15 is 0 Å². The summed E-state index contributed by atoms with van der Waals surface area (Å²) < 4.78 is 12.8. The maximum atomic E-state index is 13.3. The summed E-state index contributed by atoms with van der Waals surface area (Å²) in [5.41, 5.74) is 2.47. The molecule has 8 heteroatoms. The Labute approximate surface area is 187 Å². The van der Waals surface area contributed by atoms with Gasteiger partial charge in [-0.25, -0.2) is 14.5 Å². The van der Waals surface area contributed by atoms with E-state index in [1.807, 2.05) is 49.4 Å². The Morgan fingerprint density at radius 1 is 1.13 bits per heavy atom. The molecule has 1 aliphatic rings. The molecule has 3 heterocycles. The van der Waals surface area contributed by atoms with Crippen molar-refractivity contribution in [3.63, 3.8) is 0 Å². The van der Waals surface area contributed by atoms with E-state index in [-0.39, 0.29) is 5.56 Å². The Bertz CT molecular complexity index is 1340. The Balaban J connectivity index is 1.56. The second-order valence-corrected chi connectivity index (χ2v) is 8.49. The Hall–Kier alpha value is -3.03. The van der Waals surface area contributed by atoms with E-state index in [0.717, 1.165) is 11.1 Å². The average Bonchev–Trinajstić information content (AvgIpc) is 2.79. The van der Waals surface area contributed by atoms with Crippen molar-refractivity contribution in [3.8, 4) is 17.3 Å². The first-order valence-corrected chi connectivity index (χ1v) is 11.1. The molecule has 0 saturated carbocycles. The molecule has 31 heavy (non-hydrogen) atoms. The van der Waals surface area contributed by atoms with Crippen LogP contribution in [0.2, 0.25) is 5.02 Å². The molecule has 0 radical (unpaired) electrons. The van der Waals surface area contributed by atoms with Gasteiger partial charge >= 0.3 is 0 Å². The van der Waals surface area contributed by atoms with Gasteiger partial charge in [-0.15, -0.1) is 0 Å². The molecular formula is C23H18ClN3O3S. The third-order valence-electron chi connectivity index (χ3n) is 4.89. The Morgan fingerprint density at radius 3 is 2.81 bits per heavy atom. The van der Waals surface area contributed by atoms with E-state index in [0.29, 0.717) is 57.4 Å². The fraction of sp³-hybridized carbons (Fsp3) is 0.174. The van der Waals surface area contributed by atoms with Gasteiger partial charge < -0.3 is 9.47 Å². The fourth-order valence-electron chi connectivity index (χ4n) is 3.40. The molecule has 2 aromatic carbocycles. The van der Waals surface area contributed by atoms with E-state index in [1.165, 1.54) is 11.8 Å². The van der Waals surface area contributed by atoms with Crippen LogP contribution < -0.4 is 15.0 Å². The van der Waals surface area contributed by atoms with Crippen molar-refractivity contribution < 1.29 is 9.47 Å². The molecule has 0 unspecified atom stereocenters. The van der Waals surface area contributed by atoms with Crippen molar-refractivity contribution in [1.29, 1.82) is 0 Å². The molecule has 0 atom stereocenters. The fourth-order valence-corrected chi connectivity index (χ4v) is 4.62. The summed E-state index contributed by atoms with van der Waals surface area (Å²) >= 11 is 7.82. The van der Waals surface area contributed by atoms with Gasteiger partial charge in [-0.2, -0.15) is 0 Å². The molecule has 0 aliphatic carbocycles. The number of rotatable bonds is 4. The molecule has 0 saturated heterocycles. The van der Waals surface area contributed by atoms with Gasteiger partial charge in [0.2, 0.25) is 0 Å². The first-order valence-electron chi connectivity index (χ1n) is 9.76. The normalized spacial score (nSPS) is 12.8. The van der Waals surface area contributed by atoms with Crippen molar-refractivity contribution in [3.05, 3.63) is 81.2 Å². The minimum Gasteiger partial charge on any atom is -0.486 e. The zero-order valence-corrected chi connectivity index (χ0v) is 18.2. The Kier molecular flexibility index (Phi) is 5.29. The van der Waals surface area contributed by atoms with E-state index in [4.69, 9.17) is 26.1 Å². The molecular weight excluding hydrogens is 434 g/mol. The van der Waals surface area contributed by atoms with E-state index < -0.39 is 0 Å². The molecule has 0 spiro atoms. The number of fused-ring (bicyclic) bond motifs is 2. The highest BCUT2D eigenvalue weighted by Gasteiger charge is 2.18. The number of halogens is 1. The van der Waals surface area contributed by atoms with Crippen LogP contribution in [0, 0.1) is 6.92 Å².